The van der Waals surface area contributed by atoms with Crippen molar-refractivity contribution in [1.29, 1.82) is 5.41 Å². The van der Waals surface area contributed by atoms with Gasteiger partial charge in [-0.25, -0.2) is 18.6 Å². The van der Waals surface area contributed by atoms with Crippen LogP contribution in [-0.4, -0.2) is 45.5 Å². The molecule has 4 rings (SSSR count). The molecular weight excluding hydrogens is 695 g/mol. The number of amidine groups is 1. The van der Waals surface area contributed by atoms with Crippen LogP contribution in [0, 0.1) is 17.0 Å². The van der Waals surface area contributed by atoms with E-state index in [4.69, 9.17) is 39.1 Å². The van der Waals surface area contributed by atoms with E-state index in [0.29, 0.717) is 47.3 Å². The third-order valence-corrected chi connectivity index (χ3v) is 9.75. The summed E-state index contributed by atoms with van der Waals surface area (Å²) in [5.41, 5.74) is 7.00. The van der Waals surface area contributed by atoms with Gasteiger partial charge >= 0.3 is 5.97 Å². The van der Waals surface area contributed by atoms with Gasteiger partial charge in [-0.15, -0.1) is 0 Å². The summed E-state index contributed by atoms with van der Waals surface area (Å²) in [6.45, 7) is 4.01. The number of imidazole rings is 1. The number of hydrogen-bond donors (Lipinski definition) is 4. The van der Waals surface area contributed by atoms with Crippen LogP contribution in [0.2, 0.25) is 10.0 Å². The number of aliphatic carboxylic acids is 1. The molecule has 1 atom stereocenters. The molecule has 9 nitrogen and oxygen atoms in total. The molecule has 1 amide bonds. The molecule has 3 aromatic carbocycles. The molecule has 0 aliphatic rings. The van der Waals surface area contributed by atoms with Crippen molar-refractivity contribution in [1.82, 2.24) is 14.9 Å². The molecule has 0 aliphatic carbocycles. The molecule has 0 fully saturated rings. The number of methoxy groups -OCH3 is 1. The number of carboxylic acids is 1. The Morgan fingerprint density at radius 1 is 1.08 bits per heavy atom. The highest BCUT2D eigenvalue weighted by atomic mass is 35.5. The van der Waals surface area contributed by atoms with E-state index in [2.05, 4.69) is 10.3 Å². The summed E-state index contributed by atoms with van der Waals surface area (Å²) >= 11 is 14.0. The third-order valence-electron chi connectivity index (χ3n) is 8.12. The van der Waals surface area contributed by atoms with Gasteiger partial charge in [0, 0.05) is 39.4 Å². The van der Waals surface area contributed by atoms with E-state index in [1.807, 2.05) is 30.5 Å². The Bertz CT molecular complexity index is 1810. The van der Waals surface area contributed by atoms with Crippen LogP contribution < -0.4 is 15.8 Å². The number of nitrogens with one attached hydrogen (secondary N) is 2. The summed E-state index contributed by atoms with van der Waals surface area (Å²) in [7, 11) is 1.54. The topological polar surface area (TPSA) is 143 Å². The van der Waals surface area contributed by atoms with Crippen molar-refractivity contribution >= 4 is 52.7 Å². The number of nitrogens with two attached hydrogens (primary N) is 1. The molecule has 4 aromatic rings. The maximum absolute atomic E-state index is 15.5. The second kappa shape index (κ2) is 16.5. The number of unbranched alkanes of at least 4 members (excludes halogenated alkanes) is 2. The summed E-state index contributed by atoms with van der Waals surface area (Å²) in [5, 5.41) is 20.3. The second-order valence-electron chi connectivity index (χ2n) is 11.9. The summed E-state index contributed by atoms with van der Waals surface area (Å²) in [6, 6.07) is 12.6. The van der Waals surface area contributed by atoms with E-state index < -0.39 is 35.0 Å². The molecule has 0 aliphatic heterocycles. The number of carbonyl (C=O) groups is 2. The lowest BCUT2D eigenvalue weighted by atomic mass is 9.81. The third kappa shape index (κ3) is 9.31. The molecule has 0 saturated carbocycles. The van der Waals surface area contributed by atoms with Gasteiger partial charge in [-0.05, 0) is 66.9 Å². The molecule has 14 heteroatoms. The summed E-state index contributed by atoms with van der Waals surface area (Å²) in [4.78, 5) is 29.4. The number of nitrogens with zero attached hydrogens (tertiary/aromatic N) is 2. The number of thioether (sulfide) groups is 1. The first-order valence-electron chi connectivity index (χ1n) is 15.4. The first-order chi connectivity index (χ1) is 23.2. The van der Waals surface area contributed by atoms with Gasteiger partial charge in [0.05, 0.1) is 29.9 Å². The number of ether oxygens (including phenoxy) is 1. The zero-order chi connectivity index (χ0) is 35.9. The number of carbonyl (C=O) groups excluding carboxylic acids is 1. The zero-order valence-corrected chi connectivity index (χ0v) is 29.5. The highest BCUT2D eigenvalue weighted by molar-refractivity contribution is 7.98. The van der Waals surface area contributed by atoms with Crippen LogP contribution in [-0.2, 0) is 16.0 Å². The minimum atomic E-state index is -1.21. The largest absolute Gasteiger partial charge is 0.495 e. The number of amides is 1. The SMILES string of the molecule is COc1cc(C(C)(C)c2cnc(SCc3c(F)cc(C(=O)NC(CCCCCC(=N)N)C(=O)O)cc3Cl)n2-c2ccc(F)cc2)ccc1Cl. The minimum Gasteiger partial charge on any atom is -0.495 e. The van der Waals surface area contributed by atoms with E-state index in [1.54, 1.807) is 24.4 Å². The number of halogens is 4. The van der Waals surface area contributed by atoms with Crippen molar-refractivity contribution < 1.29 is 28.2 Å². The van der Waals surface area contributed by atoms with Crippen LogP contribution in [0.4, 0.5) is 8.78 Å². The molecule has 0 bridgehead atoms. The van der Waals surface area contributed by atoms with Crippen LogP contribution in [0.3, 0.4) is 0 Å². The first kappa shape index (κ1) is 37.7. The van der Waals surface area contributed by atoms with Crippen LogP contribution in [0.15, 0.2) is 66.0 Å². The predicted molar refractivity (Wildman–Crippen MR) is 189 cm³/mol. The minimum absolute atomic E-state index is 0.0116. The molecule has 49 heavy (non-hydrogen) atoms. The molecule has 1 heterocycles. The maximum Gasteiger partial charge on any atom is 0.326 e. The lowest BCUT2D eigenvalue weighted by Gasteiger charge is -2.28. The van der Waals surface area contributed by atoms with E-state index in [1.165, 1.54) is 37.1 Å². The average molecular weight is 733 g/mol. The summed E-state index contributed by atoms with van der Waals surface area (Å²) in [6.07, 6.45) is 4.06. The Labute approximate surface area is 297 Å². The molecule has 260 valence electrons. The Morgan fingerprint density at radius 2 is 1.80 bits per heavy atom. The highest BCUT2D eigenvalue weighted by Crippen LogP contribution is 2.39. The van der Waals surface area contributed by atoms with Crippen LogP contribution in [0.1, 0.15) is 73.1 Å². The quantitative estimate of drug-likeness (QED) is 0.0394. The van der Waals surface area contributed by atoms with Crippen molar-refractivity contribution in [3.8, 4) is 11.4 Å². The lowest BCUT2D eigenvalue weighted by Crippen LogP contribution is -2.40. The van der Waals surface area contributed by atoms with E-state index >= 15 is 4.39 Å². The van der Waals surface area contributed by atoms with E-state index in [9.17, 15) is 19.1 Å². The molecule has 0 radical (unpaired) electrons. The van der Waals surface area contributed by atoms with Gasteiger partial charge < -0.3 is 20.9 Å². The van der Waals surface area contributed by atoms with Crippen LogP contribution in [0.25, 0.3) is 5.69 Å². The van der Waals surface area contributed by atoms with Gasteiger partial charge in [-0.3, -0.25) is 14.8 Å². The lowest BCUT2D eigenvalue weighted by molar-refractivity contribution is -0.139. The molecule has 0 saturated heterocycles. The summed E-state index contributed by atoms with van der Waals surface area (Å²) in [5.74, 6) is -2.52. The summed E-state index contributed by atoms with van der Waals surface area (Å²) < 4.78 is 36.7. The van der Waals surface area contributed by atoms with Crippen LogP contribution >= 0.6 is 35.0 Å². The van der Waals surface area contributed by atoms with Crippen molar-refractivity contribution in [2.75, 3.05) is 7.11 Å². The van der Waals surface area contributed by atoms with Crippen molar-refractivity contribution in [3.63, 3.8) is 0 Å². The monoisotopic (exact) mass is 731 g/mol. The molecule has 1 unspecified atom stereocenters. The highest BCUT2D eigenvalue weighted by Gasteiger charge is 2.31. The number of hydrogen-bond acceptors (Lipinski definition) is 6. The predicted octanol–water partition coefficient (Wildman–Crippen LogP) is 8.15. The average Bonchev–Trinajstić information content (AvgIpc) is 3.48. The molecule has 1 aromatic heterocycles. The van der Waals surface area contributed by atoms with Gasteiger partial charge in [0.2, 0.25) is 0 Å². The fourth-order valence-electron chi connectivity index (χ4n) is 5.26. The fraction of sp³-hybridized carbons (Fsp3) is 0.314. The van der Waals surface area contributed by atoms with Gasteiger partial charge in [0.15, 0.2) is 5.16 Å². The van der Waals surface area contributed by atoms with E-state index in [-0.39, 0.29) is 34.2 Å². The Morgan fingerprint density at radius 3 is 2.43 bits per heavy atom. The van der Waals surface area contributed by atoms with Crippen molar-refractivity contribution in [2.24, 2.45) is 5.73 Å². The first-order valence-corrected chi connectivity index (χ1v) is 17.1. The van der Waals surface area contributed by atoms with Gasteiger partial charge in [-0.2, -0.15) is 0 Å². The Hall–Kier alpha value is -4.13. The van der Waals surface area contributed by atoms with Crippen LogP contribution in [0.5, 0.6) is 5.75 Å². The van der Waals surface area contributed by atoms with E-state index in [0.717, 1.165) is 17.3 Å². The van der Waals surface area contributed by atoms with Gasteiger partial charge in [0.1, 0.15) is 23.4 Å². The smallest absolute Gasteiger partial charge is 0.326 e. The molecular formula is C35H37Cl2F2N5O4S. The fourth-order valence-corrected chi connectivity index (χ4v) is 6.84. The number of benzene rings is 3. The van der Waals surface area contributed by atoms with Crippen molar-refractivity contribution in [2.45, 2.75) is 68.3 Å². The molecule has 5 N–H and O–H groups in total. The number of carboxylic acid groups (broad SMARTS) is 1. The zero-order valence-electron chi connectivity index (χ0n) is 27.2. The van der Waals surface area contributed by atoms with Gasteiger partial charge in [0.25, 0.3) is 5.91 Å². The normalized spacial score (nSPS) is 12.1. The number of rotatable bonds is 16. The van der Waals surface area contributed by atoms with Crippen molar-refractivity contribution in [3.05, 3.63) is 105 Å². The standard InChI is InChI=1S/C35H37Cl2F2N5O4S/c1-35(2,21-9-14-25(36)29(17-21)48-3)30-18-42-34(44(30)23-12-10-22(38)11-13-23)49-19-24-26(37)15-20(16-27(24)39)32(45)43-28(33(46)47)7-5-4-6-8-31(40)41/h9-18,28H,4-8,19H2,1-3H3,(H3,40,41)(H,43,45)(H,46,47). The number of aromatic nitrogens is 2. The molecule has 0 spiro atoms. The Kier molecular flexibility index (Phi) is 12.7. The Balaban J connectivity index is 1.57. The maximum atomic E-state index is 15.5. The van der Waals surface area contributed by atoms with Gasteiger partial charge in [-0.1, -0.05) is 67.7 Å². The second-order valence-corrected chi connectivity index (χ2v) is 13.7.